The lowest BCUT2D eigenvalue weighted by Gasteiger charge is -2.03. The number of nitrogens with zero attached hydrogens (tertiary/aromatic N) is 1. The number of carboxylic acid groups (broad SMARTS) is 1. The maximum Gasteiger partial charge on any atom is 0.512 e. The highest BCUT2D eigenvalue weighted by Gasteiger charge is 2.15. The molecule has 17 heavy (non-hydrogen) atoms. The SMILES string of the molecule is Cc1ccc(-c2ocnc2OC(=O)O)cc1C. The van der Waals surface area contributed by atoms with Crippen molar-refractivity contribution in [1.29, 1.82) is 0 Å². The van der Waals surface area contributed by atoms with E-state index in [1.54, 1.807) is 0 Å². The van der Waals surface area contributed by atoms with Crippen LogP contribution < -0.4 is 4.74 Å². The summed E-state index contributed by atoms with van der Waals surface area (Å²) >= 11 is 0. The molecule has 88 valence electrons. The predicted octanol–water partition coefficient (Wildman–Crippen LogP) is 3.02. The number of ether oxygens (including phenoxy) is 1. The highest BCUT2D eigenvalue weighted by molar-refractivity contribution is 5.68. The molecule has 0 fully saturated rings. The van der Waals surface area contributed by atoms with Crippen molar-refractivity contribution in [1.82, 2.24) is 4.98 Å². The van der Waals surface area contributed by atoms with E-state index in [4.69, 9.17) is 9.52 Å². The molecule has 0 atom stereocenters. The molecule has 0 bridgehead atoms. The first-order valence-corrected chi connectivity index (χ1v) is 5.00. The van der Waals surface area contributed by atoms with Crippen molar-refractivity contribution in [2.24, 2.45) is 0 Å². The highest BCUT2D eigenvalue weighted by atomic mass is 16.7. The molecule has 0 spiro atoms. The fraction of sp³-hybridized carbons (Fsp3) is 0.167. The van der Waals surface area contributed by atoms with Crippen molar-refractivity contribution >= 4 is 6.16 Å². The molecule has 1 heterocycles. The first-order valence-electron chi connectivity index (χ1n) is 5.00. The van der Waals surface area contributed by atoms with Crippen LogP contribution in [0.2, 0.25) is 0 Å². The predicted molar refractivity (Wildman–Crippen MR) is 60.1 cm³/mol. The summed E-state index contributed by atoms with van der Waals surface area (Å²) in [6, 6.07) is 5.65. The minimum absolute atomic E-state index is 0.0410. The summed E-state index contributed by atoms with van der Waals surface area (Å²) in [6.07, 6.45) is -0.257. The molecule has 0 saturated carbocycles. The standard InChI is InChI=1S/C12H11NO4/c1-7-3-4-9(5-8(7)2)10-11(13-6-16-10)17-12(14)15/h3-6H,1-2H3,(H,14,15). The van der Waals surface area contributed by atoms with Crippen molar-refractivity contribution < 1.29 is 19.1 Å². The van der Waals surface area contributed by atoms with Gasteiger partial charge in [0.1, 0.15) is 0 Å². The van der Waals surface area contributed by atoms with Crippen molar-refractivity contribution in [2.45, 2.75) is 13.8 Å². The number of carbonyl (C=O) groups is 1. The fourth-order valence-corrected chi connectivity index (χ4v) is 1.47. The summed E-state index contributed by atoms with van der Waals surface area (Å²) in [5, 5.41) is 8.55. The lowest BCUT2D eigenvalue weighted by Crippen LogP contribution is -2.03. The quantitative estimate of drug-likeness (QED) is 0.807. The number of aromatic nitrogens is 1. The Hall–Kier alpha value is -2.30. The summed E-state index contributed by atoms with van der Waals surface area (Å²) in [6.45, 7) is 3.96. The monoisotopic (exact) mass is 233 g/mol. The van der Waals surface area contributed by atoms with E-state index < -0.39 is 6.16 Å². The Bertz CT molecular complexity index is 559. The van der Waals surface area contributed by atoms with E-state index in [0.717, 1.165) is 23.1 Å². The maximum absolute atomic E-state index is 10.5. The maximum atomic E-state index is 10.5. The number of hydrogen-bond donors (Lipinski definition) is 1. The van der Waals surface area contributed by atoms with Crippen LogP contribution in [0.3, 0.4) is 0 Å². The average molecular weight is 233 g/mol. The first kappa shape index (κ1) is 11.2. The lowest BCUT2D eigenvalue weighted by molar-refractivity contribution is 0.143. The van der Waals surface area contributed by atoms with E-state index in [0.29, 0.717) is 5.76 Å². The minimum Gasteiger partial charge on any atom is -0.449 e. The summed E-state index contributed by atoms with van der Waals surface area (Å²) in [5.74, 6) is 0.274. The molecular weight excluding hydrogens is 222 g/mol. The molecule has 0 saturated heterocycles. The zero-order chi connectivity index (χ0) is 12.4. The van der Waals surface area contributed by atoms with Crippen molar-refractivity contribution in [2.75, 3.05) is 0 Å². The van der Waals surface area contributed by atoms with Gasteiger partial charge in [-0.15, -0.1) is 0 Å². The zero-order valence-electron chi connectivity index (χ0n) is 9.43. The minimum atomic E-state index is -1.41. The smallest absolute Gasteiger partial charge is 0.449 e. The lowest BCUT2D eigenvalue weighted by atomic mass is 10.1. The Morgan fingerprint density at radius 3 is 2.76 bits per heavy atom. The summed E-state index contributed by atoms with van der Waals surface area (Å²) in [4.78, 5) is 14.2. The van der Waals surface area contributed by atoms with Gasteiger partial charge in [-0.1, -0.05) is 12.1 Å². The third-order valence-electron chi connectivity index (χ3n) is 2.49. The van der Waals surface area contributed by atoms with Crippen molar-refractivity contribution in [3.63, 3.8) is 0 Å². The average Bonchev–Trinajstić information content (AvgIpc) is 2.69. The molecule has 5 nitrogen and oxygen atoms in total. The molecule has 0 aliphatic rings. The summed E-state index contributed by atoms with van der Waals surface area (Å²) < 4.78 is 9.67. The van der Waals surface area contributed by atoms with Crippen LogP contribution in [0, 0.1) is 13.8 Å². The molecule has 1 N–H and O–H groups in total. The molecule has 2 aromatic rings. The van der Waals surface area contributed by atoms with E-state index in [9.17, 15) is 4.79 Å². The van der Waals surface area contributed by atoms with Gasteiger partial charge in [-0.25, -0.2) is 4.79 Å². The van der Waals surface area contributed by atoms with Gasteiger partial charge < -0.3 is 14.3 Å². The second-order valence-electron chi connectivity index (χ2n) is 3.65. The van der Waals surface area contributed by atoms with Crippen molar-refractivity contribution in [3.05, 3.63) is 35.7 Å². The Labute approximate surface area is 97.7 Å². The highest BCUT2D eigenvalue weighted by Crippen LogP contribution is 2.30. The Morgan fingerprint density at radius 2 is 2.12 bits per heavy atom. The summed E-state index contributed by atoms with van der Waals surface area (Å²) in [7, 11) is 0. The molecule has 2 rings (SSSR count). The molecule has 0 aliphatic carbocycles. The Morgan fingerprint density at radius 1 is 1.35 bits per heavy atom. The second kappa shape index (κ2) is 4.29. The number of benzene rings is 1. The molecule has 5 heteroatoms. The van der Waals surface area contributed by atoms with Crippen LogP contribution in [-0.4, -0.2) is 16.2 Å². The van der Waals surface area contributed by atoms with Gasteiger partial charge in [0.25, 0.3) is 5.88 Å². The summed E-state index contributed by atoms with van der Waals surface area (Å²) in [5.41, 5.74) is 2.97. The van der Waals surface area contributed by atoms with E-state index in [-0.39, 0.29) is 5.88 Å². The van der Waals surface area contributed by atoms with E-state index in [1.165, 1.54) is 0 Å². The van der Waals surface area contributed by atoms with Gasteiger partial charge in [-0.05, 0) is 31.0 Å². The first-order chi connectivity index (χ1) is 8.08. The van der Waals surface area contributed by atoms with Crippen LogP contribution in [0.15, 0.2) is 29.0 Å². The van der Waals surface area contributed by atoms with Crippen LogP contribution in [0.25, 0.3) is 11.3 Å². The van der Waals surface area contributed by atoms with E-state index in [2.05, 4.69) is 9.72 Å². The van der Waals surface area contributed by atoms with Crippen LogP contribution >= 0.6 is 0 Å². The van der Waals surface area contributed by atoms with Crippen LogP contribution in [0.1, 0.15) is 11.1 Å². The number of aryl methyl sites for hydroxylation is 2. The van der Waals surface area contributed by atoms with Crippen LogP contribution in [0.5, 0.6) is 5.88 Å². The Kier molecular flexibility index (Phi) is 2.82. The third-order valence-corrected chi connectivity index (χ3v) is 2.49. The molecule has 0 unspecified atom stereocenters. The molecule has 0 aliphatic heterocycles. The number of rotatable bonds is 2. The Balaban J connectivity index is 2.42. The molecule has 1 aromatic carbocycles. The van der Waals surface area contributed by atoms with E-state index in [1.807, 2.05) is 32.0 Å². The zero-order valence-corrected chi connectivity index (χ0v) is 9.43. The normalized spacial score (nSPS) is 10.2. The number of oxazole rings is 1. The van der Waals surface area contributed by atoms with Gasteiger partial charge in [0.05, 0.1) is 0 Å². The number of hydrogen-bond acceptors (Lipinski definition) is 4. The third kappa shape index (κ3) is 2.28. The molecular formula is C12H11NO4. The van der Waals surface area contributed by atoms with Crippen LogP contribution in [-0.2, 0) is 0 Å². The molecule has 1 aromatic heterocycles. The molecule has 0 amide bonds. The van der Waals surface area contributed by atoms with Crippen LogP contribution in [0.4, 0.5) is 4.79 Å². The van der Waals surface area contributed by atoms with E-state index >= 15 is 0 Å². The topological polar surface area (TPSA) is 72.6 Å². The fourth-order valence-electron chi connectivity index (χ4n) is 1.47. The van der Waals surface area contributed by atoms with Gasteiger partial charge in [-0.2, -0.15) is 4.98 Å². The largest absolute Gasteiger partial charge is 0.512 e. The van der Waals surface area contributed by atoms with Gasteiger partial charge >= 0.3 is 6.16 Å². The van der Waals surface area contributed by atoms with Crippen molar-refractivity contribution in [3.8, 4) is 17.2 Å². The van der Waals surface area contributed by atoms with Gasteiger partial charge in [0.2, 0.25) is 0 Å². The second-order valence-corrected chi connectivity index (χ2v) is 3.65. The van der Waals surface area contributed by atoms with Gasteiger partial charge in [0.15, 0.2) is 12.2 Å². The van der Waals surface area contributed by atoms with Gasteiger partial charge in [-0.3, -0.25) is 0 Å². The van der Waals surface area contributed by atoms with Gasteiger partial charge in [0, 0.05) is 5.56 Å². The molecule has 0 radical (unpaired) electrons.